The molecule has 0 radical (unpaired) electrons. The molecule has 2 aliphatic carbocycles. The number of amides is 2. The van der Waals surface area contributed by atoms with E-state index < -0.39 is 0 Å². The Kier molecular flexibility index (Phi) is 6.23. The maximum absolute atomic E-state index is 12.6. The molecule has 0 aromatic carbocycles. The molecule has 7 heteroatoms. The number of nitrogens with zero attached hydrogens (tertiary/aromatic N) is 2. The Labute approximate surface area is 172 Å². The van der Waals surface area contributed by atoms with Gasteiger partial charge < -0.3 is 15.2 Å². The number of carbonyl (C=O) groups is 2. The lowest BCUT2D eigenvalue weighted by atomic mass is 9.88. The highest BCUT2D eigenvalue weighted by Crippen LogP contribution is 2.33. The minimum Gasteiger partial charge on any atom is -0.360 e. The van der Waals surface area contributed by atoms with Crippen molar-refractivity contribution in [2.75, 3.05) is 13.1 Å². The Balaban J connectivity index is 1.30. The van der Waals surface area contributed by atoms with Crippen LogP contribution in [0.5, 0.6) is 0 Å². The summed E-state index contributed by atoms with van der Waals surface area (Å²) in [5.74, 6) is 1.17. The van der Waals surface area contributed by atoms with E-state index in [0.29, 0.717) is 24.3 Å². The Morgan fingerprint density at radius 1 is 1.21 bits per heavy atom. The van der Waals surface area contributed by atoms with Crippen LogP contribution in [0.3, 0.4) is 0 Å². The molecule has 2 heterocycles. The van der Waals surface area contributed by atoms with Crippen molar-refractivity contribution in [3.63, 3.8) is 0 Å². The van der Waals surface area contributed by atoms with Gasteiger partial charge >= 0.3 is 0 Å². The number of rotatable bonds is 7. The molecule has 0 unspecified atom stereocenters. The van der Waals surface area contributed by atoms with Crippen molar-refractivity contribution in [2.45, 2.75) is 89.3 Å². The molecule has 2 amide bonds. The number of likely N-dealkylation sites (tertiary alicyclic amines) is 1. The standard InChI is InChI=1S/C22H34N4O3/c1-14(2)20-11-19(25-29-20)22(28)24-16-10-18(26(13-16)17-8-9-17)12-23-21(27)15-6-4-3-5-7-15/h11,14-18H,3-10,12-13H2,1-2H3,(H,23,27)(H,24,28)/t16-,18-/m1/s1. The maximum atomic E-state index is 12.6. The molecule has 7 nitrogen and oxygen atoms in total. The number of aromatic nitrogens is 1. The van der Waals surface area contributed by atoms with Crippen molar-refractivity contribution in [3.05, 3.63) is 17.5 Å². The summed E-state index contributed by atoms with van der Waals surface area (Å²) in [4.78, 5) is 27.6. The lowest BCUT2D eigenvalue weighted by Gasteiger charge is -2.26. The van der Waals surface area contributed by atoms with E-state index in [2.05, 4.69) is 20.7 Å². The van der Waals surface area contributed by atoms with Crippen molar-refractivity contribution in [1.82, 2.24) is 20.7 Å². The van der Waals surface area contributed by atoms with E-state index in [-0.39, 0.29) is 29.7 Å². The van der Waals surface area contributed by atoms with Gasteiger partial charge in [-0.1, -0.05) is 38.3 Å². The summed E-state index contributed by atoms with van der Waals surface area (Å²) in [5.41, 5.74) is 0.348. The molecule has 3 fully saturated rings. The summed E-state index contributed by atoms with van der Waals surface area (Å²) in [6, 6.07) is 2.71. The van der Waals surface area contributed by atoms with Gasteiger partial charge in [0, 0.05) is 49.1 Å². The predicted octanol–water partition coefficient (Wildman–Crippen LogP) is 2.83. The molecule has 0 spiro atoms. The third-order valence-electron chi connectivity index (χ3n) is 6.63. The first-order valence-corrected chi connectivity index (χ1v) is 11.3. The van der Waals surface area contributed by atoms with E-state index in [9.17, 15) is 9.59 Å². The van der Waals surface area contributed by atoms with Crippen molar-refractivity contribution < 1.29 is 14.1 Å². The third-order valence-corrected chi connectivity index (χ3v) is 6.63. The van der Waals surface area contributed by atoms with Crippen LogP contribution >= 0.6 is 0 Å². The van der Waals surface area contributed by atoms with Crippen molar-refractivity contribution in [3.8, 4) is 0 Å². The topological polar surface area (TPSA) is 87.5 Å². The van der Waals surface area contributed by atoms with Gasteiger partial charge in [-0.3, -0.25) is 14.5 Å². The number of nitrogens with one attached hydrogen (secondary N) is 2. The van der Waals surface area contributed by atoms with Gasteiger partial charge in [-0.25, -0.2) is 0 Å². The van der Waals surface area contributed by atoms with E-state index in [1.165, 1.54) is 32.1 Å². The van der Waals surface area contributed by atoms with Gasteiger partial charge in [0.15, 0.2) is 5.69 Å². The monoisotopic (exact) mass is 402 g/mol. The van der Waals surface area contributed by atoms with Crippen LogP contribution in [0, 0.1) is 5.92 Å². The Hall–Kier alpha value is -1.89. The SMILES string of the molecule is CC(C)c1cc(C(=O)N[C@@H]2C[C@H](CNC(=O)C3CCCCC3)N(C3CC3)C2)no1. The zero-order valence-corrected chi connectivity index (χ0v) is 17.7. The Bertz CT molecular complexity index is 721. The van der Waals surface area contributed by atoms with Crippen LogP contribution in [-0.4, -0.2) is 53.1 Å². The van der Waals surface area contributed by atoms with Crippen LogP contribution in [0.15, 0.2) is 10.6 Å². The summed E-state index contributed by atoms with van der Waals surface area (Å²) in [7, 11) is 0. The molecule has 2 atom stereocenters. The molecule has 1 saturated heterocycles. The molecule has 1 aromatic heterocycles. The molecule has 2 saturated carbocycles. The van der Waals surface area contributed by atoms with Crippen LogP contribution in [0.1, 0.15) is 87.4 Å². The minimum atomic E-state index is -0.173. The average molecular weight is 403 g/mol. The Morgan fingerprint density at radius 2 is 1.97 bits per heavy atom. The van der Waals surface area contributed by atoms with Crippen molar-refractivity contribution in [2.24, 2.45) is 5.92 Å². The lowest BCUT2D eigenvalue weighted by molar-refractivity contribution is -0.126. The number of carbonyl (C=O) groups excluding carboxylic acids is 2. The lowest BCUT2D eigenvalue weighted by Crippen LogP contribution is -2.43. The van der Waals surface area contributed by atoms with E-state index in [4.69, 9.17) is 4.52 Å². The van der Waals surface area contributed by atoms with Gasteiger partial charge in [-0.15, -0.1) is 0 Å². The second-order valence-corrected chi connectivity index (χ2v) is 9.34. The summed E-state index contributed by atoms with van der Waals surface area (Å²) >= 11 is 0. The maximum Gasteiger partial charge on any atom is 0.273 e. The van der Waals surface area contributed by atoms with Gasteiger partial charge in [-0.2, -0.15) is 0 Å². The quantitative estimate of drug-likeness (QED) is 0.732. The van der Waals surface area contributed by atoms with Gasteiger partial charge in [0.05, 0.1) is 0 Å². The normalized spacial score (nSPS) is 26.0. The number of hydrogen-bond acceptors (Lipinski definition) is 5. The highest BCUT2D eigenvalue weighted by molar-refractivity contribution is 5.92. The molecular weight excluding hydrogens is 368 g/mol. The van der Waals surface area contributed by atoms with Crippen molar-refractivity contribution >= 4 is 11.8 Å². The largest absolute Gasteiger partial charge is 0.360 e. The number of hydrogen-bond donors (Lipinski definition) is 2. The molecule has 160 valence electrons. The van der Waals surface area contributed by atoms with E-state index in [1.54, 1.807) is 6.07 Å². The van der Waals surface area contributed by atoms with Crippen LogP contribution < -0.4 is 10.6 Å². The van der Waals surface area contributed by atoms with Gasteiger partial charge in [-0.05, 0) is 32.1 Å². The molecular formula is C22H34N4O3. The molecule has 1 aliphatic heterocycles. The van der Waals surface area contributed by atoms with Crippen LogP contribution in [-0.2, 0) is 4.79 Å². The molecule has 29 heavy (non-hydrogen) atoms. The van der Waals surface area contributed by atoms with Gasteiger partial charge in [0.25, 0.3) is 5.91 Å². The first kappa shape index (κ1) is 20.4. The second kappa shape index (κ2) is 8.86. The fourth-order valence-electron chi connectivity index (χ4n) is 4.76. The van der Waals surface area contributed by atoms with Gasteiger partial charge in [0.1, 0.15) is 5.76 Å². The smallest absolute Gasteiger partial charge is 0.273 e. The van der Waals surface area contributed by atoms with E-state index >= 15 is 0 Å². The zero-order valence-electron chi connectivity index (χ0n) is 17.7. The fourth-order valence-corrected chi connectivity index (χ4v) is 4.76. The molecule has 1 aromatic rings. The van der Waals surface area contributed by atoms with Crippen molar-refractivity contribution in [1.29, 1.82) is 0 Å². The predicted molar refractivity (Wildman–Crippen MR) is 110 cm³/mol. The zero-order chi connectivity index (χ0) is 20.4. The molecule has 4 rings (SSSR count). The Morgan fingerprint density at radius 3 is 2.62 bits per heavy atom. The highest BCUT2D eigenvalue weighted by Gasteiger charge is 2.41. The van der Waals surface area contributed by atoms with Gasteiger partial charge in [0.2, 0.25) is 5.91 Å². The average Bonchev–Trinajstić information content (AvgIpc) is 3.29. The van der Waals surface area contributed by atoms with E-state index in [1.807, 2.05) is 13.8 Å². The van der Waals surface area contributed by atoms with Crippen LogP contribution in [0.25, 0.3) is 0 Å². The summed E-state index contributed by atoms with van der Waals surface area (Å²) < 4.78 is 5.26. The first-order valence-electron chi connectivity index (χ1n) is 11.3. The minimum absolute atomic E-state index is 0.0823. The summed E-state index contributed by atoms with van der Waals surface area (Å²) in [6.45, 7) is 5.55. The summed E-state index contributed by atoms with van der Waals surface area (Å²) in [6.07, 6.45) is 8.95. The van der Waals surface area contributed by atoms with Crippen LogP contribution in [0.2, 0.25) is 0 Å². The molecule has 3 aliphatic rings. The first-order chi connectivity index (χ1) is 14.0. The van der Waals surface area contributed by atoms with Crippen LogP contribution in [0.4, 0.5) is 0 Å². The second-order valence-electron chi connectivity index (χ2n) is 9.34. The highest BCUT2D eigenvalue weighted by atomic mass is 16.5. The molecule has 0 bridgehead atoms. The van der Waals surface area contributed by atoms with E-state index in [0.717, 1.165) is 31.6 Å². The fraction of sp³-hybridized carbons (Fsp3) is 0.773. The third kappa shape index (κ3) is 5.00. The summed E-state index contributed by atoms with van der Waals surface area (Å²) in [5, 5.41) is 10.3. The molecule has 2 N–H and O–H groups in total.